The molecular formula is C9H11BrN4O. The largest absolute Gasteiger partial charge is 0.383 e. The number of aromatic nitrogens is 2. The van der Waals surface area contributed by atoms with Gasteiger partial charge in [-0.2, -0.15) is 10.4 Å². The Labute approximate surface area is 95.9 Å². The molecule has 0 saturated carbocycles. The highest BCUT2D eigenvalue weighted by Gasteiger charge is 2.22. The third kappa shape index (κ3) is 1.85. The highest BCUT2D eigenvalue weighted by molar-refractivity contribution is 9.10. The van der Waals surface area contributed by atoms with Gasteiger partial charge < -0.3 is 10.5 Å². The molecule has 2 N–H and O–H groups in total. The number of nitrogens with zero attached hydrogens (tertiary/aromatic N) is 3. The topological polar surface area (TPSA) is 76.9 Å². The van der Waals surface area contributed by atoms with Crippen LogP contribution in [-0.2, 0) is 4.74 Å². The zero-order valence-electron chi connectivity index (χ0n) is 8.11. The molecule has 0 bridgehead atoms. The Morgan fingerprint density at radius 2 is 2.20 bits per heavy atom. The van der Waals surface area contributed by atoms with Crippen LogP contribution in [0.15, 0.2) is 4.60 Å². The average Bonchev–Trinajstić information content (AvgIpc) is 2.55. The Morgan fingerprint density at radius 3 is 2.73 bits per heavy atom. The fourth-order valence-electron chi connectivity index (χ4n) is 1.73. The maximum Gasteiger partial charge on any atom is 0.148 e. The van der Waals surface area contributed by atoms with Crippen LogP contribution in [0, 0.1) is 11.3 Å². The molecule has 0 amide bonds. The molecule has 0 spiro atoms. The van der Waals surface area contributed by atoms with Gasteiger partial charge >= 0.3 is 0 Å². The van der Waals surface area contributed by atoms with E-state index in [1.165, 1.54) is 0 Å². The summed E-state index contributed by atoms with van der Waals surface area (Å²) in [6.07, 6.45) is 1.78. The standard InChI is InChI=1S/C9H11BrN4O/c10-8-7(5-11)9(12)14(13-8)6-1-3-15-4-2-6/h6H,1-4,12H2. The molecule has 1 fully saturated rings. The van der Waals surface area contributed by atoms with E-state index in [9.17, 15) is 0 Å². The molecule has 1 aromatic rings. The lowest BCUT2D eigenvalue weighted by Crippen LogP contribution is -2.21. The lowest BCUT2D eigenvalue weighted by Gasteiger charge is -2.23. The van der Waals surface area contributed by atoms with E-state index in [1.54, 1.807) is 4.68 Å². The first-order chi connectivity index (χ1) is 7.24. The number of hydrogen-bond donors (Lipinski definition) is 1. The van der Waals surface area contributed by atoms with E-state index in [2.05, 4.69) is 21.0 Å². The van der Waals surface area contributed by atoms with Gasteiger partial charge in [0.05, 0.1) is 6.04 Å². The monoisotopic (exact) mass is 270 g/mol. The van der Waals surface area contributed by atoms with Crippen LogP contribution < -0.4 is 5.73 Å². The van der Waals surface area contributed by atoms with Gasteiger partial charge in [0.25, 0.3) is 0 Å². The van der Waals surface area contributed by atoms with Gasteiger partial charge in [-0.15, -0.1) is 0 Å². The highest BCUT2D eigenvalue weighted by atomic mass is 79.9. The predicted octanol–water partition coefficient (Wildman–Crippen LogP) is 1.45. The highest BCUT2D eigenvalue weighted by Crippen LogP contribution is 2.28. The minimum atomic E-state index is 0.247. The van der Waals surface area contributed by atoms with Gasteiger partial charge in [0, 0.05) is 13.2 Å². The number of nitriles is 1. The van der Waals surface area contributed by atoms with Crippen LogP contribution in [0.4, 0.5) is 5.82 Å². The summed E-state index contributed by atoms with van der Waals surface area (Å²) >= 11 is 3.23. The Hall–Kier alpha value is -1.06. The third-order valence-corrected chi connectivity index (χ3v) is 3.11. The summed E-state index contributed by atoms with van der Waals surface area (Å²) in [6.45, 7) is 1.45. The molecule has 0 unspecified atom stereocenters. The van der Waals surface area contributed by atoms with Crippen molar-refractivity contribution < 1.29 is 4.74 Å². The molecule has 15 heavy (non-hydrogen) atoms. The minimum absolute atomic E-state index is 0.247. The fraction of sp³-hybridized carbons (Fsp3) is 0.556. The number of rotatable bonds is 1. The first kappa shape index (κ1) is 10.5. The lowest BCUT2D eigenvalue weighted by atomic mass is 10.1. The van der Waals surface area contributed by atoms with E-state index >= 15 is 0 Å². The molecule has 0 radical (unpaired) electrons. The van der Waals surface area contributed by atoms with Crippen molar-refractivity contribution in [2.24, 2.45) is 0 Å². The van der Waals surface area contributed by atoms with E-state index < -0.39 is 0 Å². The molecule has 1 aromatic heterocycles. The van der Waals surface area contributed by atoms with Gasteiger partial charge in [-0.05, 0) is 28.8 Å². The van der Waals surface area contributed by atoms with Crippen molar-refractivity contribution in [1.82, 2.24) is 9.78 Å². The molecule has 5 nitrogen and oxygen atoms in total. The van der Waals surface area contributed by atoms with Crippen molar-refractivity contribution in [1.29, 1.82) is 5.26 Å². The zero-order chi connectivity index (χ0) is 10.8. The number of nitrogens with two attached hydrogens (primary N) is 1. The van der Waals surface area contributed by atoms with Gasteiger partial charge in [0.2, 0.25) is 0 Å². The van der Waals surface area contributed by atoms with Crippen molar-refractivity contribution in [3.63, 3.8) is 0 Å². The van der Waals surface area contributed by atoms with Gasteiger partial charge in [-0.25, -0.2) is 4.68 Å². The molecule has 0 aliphatic carbocycles. The Kier molecular flexibility index (Phi) is 2.93. The first-order valence-electron chi connectivity index (χ1n) is 4.75. The number of nitrogen functional groups attached to an aromatic ring is 1. The summed E-state index contributed by atoms with van der Waals surface area (Å²) in [6, 6.07) is 2.28. The zero-order valence-corrected chi connectivity index (χ0v) is 9.70. The number of anilines is 1. The minimum Gasteiger partial charge on any atom is -0.383 e. The van der Waals surface area contributed by atoms with Crippen molar-refractivity contribution in [2.45, 2.75) is 18.9 Å². The third-order valence-electron chi connectivity index (χ3n) is 2.55. The molecule has 0 atom stereocenters. The van der Waals surface area contributed by atoms with Crippen LogP contribution >= 0.6 is 15.9 Å². The van der Waals surface area contributed by atoms with Gasteiger partial charge in [0.1, 0.15) is 22.1 Å². The van der Waals surface area contributed by atoms with Gasteiger partial charge in [-0.3, -0.25) is 0 Å². The van der Waals surface area contributed by atoms with Crippen molar-refractivity contribution in [3.05, 3.63) is 10.2 Å². The summed E-state index contributed by atoms with van der Waals surface area (Å²) in [5.41, 5.74) is 6.27. The number of hydrogen-bond acceptors (Lipinski definition) is 4. The van der Waals surface area contributed by atoms with Crippen molar-refractivity contribution in [3.8, 4) is 6.07 Å². The molecule has 6 heteroatoms. The second-order valence-electron chi connectivity index (χ2n) is 3.45. The normalized spacial score (nSPS) is 17.6. The predicted molar refractivity (Wildman–Crippen MR) is 58.1 cm³/mol. The molecule has 2 heterocycles. The Balaban J connectivity index is 2.32. The SMILES string of the molecule is N#Cc1c(Br)nn(C2CCOCC2)c1N. The molecule has 1 aliphatic rings. The van der Waals surface area contributed by atoms with Gasteiger partial charge in [-0.1, -0.05) is 0 Å². The molecule has 0 aromatic carbocycles. The summed E-state index contributed by atoms with van der Waals surface area (Å²) in [5, 5.41) is 13.1. The summed E-state index contributed by atoms with van der Waals surface area (Å²) in [4.78, 5) is 0. The maximum atomic E-state index is 8.87. The second-order valence-corrected chi connectivity index (χ2v) is 4.20. The van der Waals surface area contributed by atoms with Crippen LogP contribution in [0.2, 0.25) is 0 Å². The quantitative estimate of drug-likeness (QED) is 0.838. The van der Waals surface area contributed by atoms with E-state index in [-0.39, 0.29) is 6.04 Å². The Morgan fingerprint density at radius 1 is 1.53 bits per heavy atom. The first-order valence-corrected chi connectivity index (χ1v) is 5.54. The lowest BCUT2D eigenvalue weighted by molar-refractivity contribution is 0.0668. The molecular weight excluding hydrogens is 260 g/mol. The van der Waals surface area contributed by atoms with Crippen LogP contribution in [0.1, 0.15) is 24.4 Å². The van der Waals surface area contributed by atoms with Crippen molar-refractivity contribution >= 4 is 21.7 Å². The average molecular weight is 271 g/mol. The maximum absolute atomic E-state index is 8.87. The summed E-state index contributed by atoms with van der Waals surface area (Å²) in [7, 11) is 0. The molecule has 1 aliphatic heterocycles. The molecule has 80 valence electrons. The number of halogens is 1. The number of ether oxygens (including phenoxy) is 1. The molecule has 1 saturated heterocycles. The van der Waals surface area contributed by atoms with Gasteiger partial charge in [0.15, 0.2) is 0 Å². The smallest absolute Gasteiger partial charge is 0.148 e. The second kappa shape index (κ2) is 4.21. The molecule has 2 rings (SSSR count). The Bertz CT molecular complexity index is 403. The van der Waals surface area contributed by atoms with E-state index in [4.69, 9.17) is 15.7 Å². The van der Waals surface area contributed by atoms with Crippen LogP contribution in [0.25, 0.3) is 0 Å². The van der Waals surface area contributed by atoms with E-state index in [0.29, 0.717) is 16.0 Å². The van der Waals surface area contributed by atoms with Crippen molar-refractivity contribution in [2.75, 3.05) is 18.9 Å². The fourth-order valence-corrected chi connectivity index (χ4v) is 2.19. The van der Waals surface area contributed by atoms with E-state index in [0.717, 1.165) is 26.1 Å². The van der Waals surface area contributed by atoms with Crippen LogP contribution in [-0.4, -0.2) is 23.0 Å². The van der Waals surface area contributed by atoms with Crippen LogP contribution in [0.5, 0.6) is 0 Å². The van der Waals surface area contributed by atoms with E-state index in [1.807, 2.05) is 6.07 Å². The summed E-state index contributed by atoms with van der Waals surface area (Å²) in [5.74, 6) is 0.441. The van der Waals surface area contributed by atoms with Crippen LogP contribution in [0.3, 0.4) is 0 Å². The summed E-state index contributed by atoms with van der Waals surface area (Å²) < 4.78 is 7.52.